The van der Waals surface area contributed by atoms with Gasteiger partial charge in [-0.25, -0.2) is 0 Å². The molecule has 0 unspecified atom stereocenters. The van der Waals surface area contributed by atoms with Gasteiger partial charge in [0, 0.05) is 53.6 Å². The smallest absolute Gasteiger partial charge is 0.239 e. The lowest BCUT2D eigenvalue weighted by Crippen LogP contribution is -2.49. The first-order chi connectivity index (χ1) is 15.1. The van der Waals surface area contributed by atoms with Crippen LogP contribution in [-0.4, -0.2) is 57.9 Å². The highest BCUT2D eigenvalue weighted by atomic mass is 16.2. The predicted molar refractivity (Wildman–Crippen MR) is 125 cm³/mol. The zero-order chi connectivity index (χ0) is 21.4. The minimum Gasteiger partial charge on any atom is -0.357 e. The molecule has 2 saturated heterocycles. The van der Waals surface area contributed by atoms with Crippen molar-refractivity contribution >= 4 is 16.8 Å². The molecule has 5 heteroatoms. The lowest BCUT2D eigenvalue weighted by Gasteiger charge is -2.36. The normalized spacial score (nSPS) is 21.0. The summed E-state index contributed by atoms with van der Waals surface area (Å²) in [5.74, 6) is 0.614. The number of nitrogens with zero attached hydrogens (tertiary/aromatic N) is 3. The fourth-order valence-electron chi connectivity index (χ4n) is 5.48. The molecule has 3 aromatic rings. The molecule has 2 aliphatic heterocycles. The van der Waals surface area contributed by atoms with Crippen LogP contribution in [0.5, 0.6) is 0 Å². The molecule has 0 radical (unpaired) electrons. The number of aromatic amines is 1. The van der Waals surface area contributed by atoms with Crippen LogP contribution in [0, 0.1) is 6.92 Å². The Balaban J connectivity index is 1.49. The fraction of sp³-hybridized carbons (Fsp3) is 0.462. The number of piperidine rings is 1. The maximum atomic E-state index is 13.3. The number of hydrogen-bond acceptors (Lipinski definition) is 3. The molecule has 0 bridgehead atoms. The lowest BCUT2D eigenvalue weighted by molar-refractivity contribution is -0.137. The highest BCUT2D eigenvalue weighted by Crippen LogP contribution is 2.40. The number of hydrogen-bond donors (Lipinski definition) is 1. The number of carbonyl (C=O) groups excluding carboxylic acids is 1. The van der Waals surface area contributed by atoms with E-state index in [0.29, 0.717) is 11.8 Å². The molecule has 1 amide bonds. The first kappa shape index (κ1) is 20.3. The minimum absolute atomic E-state index is 0.00845. The summed E-state index contributed by atoms with van der Waals surface area (Å²) in [6.45, 7) is 8.02. The highest BCUT2D eigenvalue weighted by molar-refractivity contribution is 5.99. The van der Waals surface area contributed by atoms with E-state index in [1.807, 2.05) is 12.4 Å². The summed E-state index contributed by atoms with van der Waals surface area (Å²) in [6, 6.07) is 10.7. The Hall–Kier alpha value is -2.66. The van der Waals surface area contributed by atoms with Crippen LogP contribution in [0.25, 0.3) is 22.0 Å². The van der Waals surface area contributed by atoms with E-state index in [9.17, 15) is 4.79 Å². The second kappa shape index (κ2) is 8.46. The van der Waals surface area contributed by atoms with Gasteiger partial charge in [-0.15, -0.1) is 0 Å². The van der Waals surface area contributed by atoms with Crippen molar-refractivity contribution in [2.75, 3.05) is 26.2 Å². The zero-order valence-electron chi connectivity index (χ0n) is 18.6. The van der Waals surface area contributed by atoms with E-state index >= 15 is 0 Å². The van der Waals surface area contributed by atoms with Crippen LogP contribution < -0.4 is 0 Å². The topological polar surface area (TPSA) is 52.2 Å². The van der Waals surface area contributed by atoms with Crippen LogP contribution in [0.2, 0.25) is 0 Å². The number of aryl methyl sites for hydroxylation is 1. The number of pyridine rings is 1. The van der Waals surface area contributed by atoms with Crippen molar-refractivity contribution in [3.05, 3.63) is 54.0 Å². The number of aromatic nitrogens is 2. The van der Waals surface area contributed by atoms with Gasteiger partial charge in [-0.2, -0.15) is 0 Å². The Morgan fingerprint density at radius 3 is 2.65 bits per heavy atom. The van der Waals surface area contributed by atoms with Gasteiger partial charge in [0.2, 0.25) is 5.91 Å². The molecule has 0 spiro atoms. The predicted octanol–water partition coefficient (Wildman–Crippen LogP) is 4.73. The van der Waals surface area contributed by atoms with Crippen molar-refractivity contribution in [2.24, 2.45) is 0 Å². The van der Waals surface area contributed by atoms with Crippen LogP contribution in [0.15, 0.2) is 42.7 Å². The maximum Gasteiger partial charge on any atom is 0.239 e. The average Bonchev–Trinajstić information content (AvgIpc) is 3.48. The van der Waals surface area contributed by atoms with Crippen molar-refractivity contribution in [3.63, 3.8) is 0 Å². The number of amides is 1. The molecule has 0 aliphatic carbocycles. The van der Waals surface area contributed by atoms with Crippen LogP contribution in [0.1, 0.15) is 49.8 Å². The second-order valence-corrected chi connectivity index (χ2v) is 9.19. The summed E-state index contributed by atoms with van der Waals surface area (Å²) in [5.41, 5.74) is 6.19. The molecule has 0 saturated carbocycles. The Morgan fingerprint density at radius 2 is 1.87 bits per heavy atom. The summed E-state index contributed by atoms with van der Waals surface area (Å²) in [4.78, 5) is 25.8. The number of H-pyrrole nitrogens is 1. The summed E-state index contributed by atoms with van der Waals surface area (Å²) in [6.07, 6.45) is 8.30. The third-order valence-electron chi connectivity index (χ3n) is 7.23. The highest BCUT2D eigenvalue weighted by Gasteiger charge is 2.33. The molecule has 2 aromatic heterocycles. The largest absolute Gasteiger partial charge is 0.357 e. The standard InChI is InChI=1S/C26H32N4O/c1-18-7-5-9-22-23(20-10-12-27-13-11-20)25(28-24(18)22)21-8-6-16-30(17-21)26(31)19(2)29-14-3-4-15-29/h5,7,9-13,19,21,28H,3-4,6,8,14-17H2,1-2H3/t19-,21+/m0/s1. The molecule has 2 atom stereocenters. The van der Waals surface area contributed by atoms with Gasteiger partial charge in [-0.05, 0) is 75.9 Å². The Labute approximate surface area is 184 Å². The maximum absolute atomic E-state index is 13.3. The number of rotatable bonds is 4. The third-order valence-corrected chi connectivity index (χ3v) is 7.23. The van der Waals surface area contributed by atoms with E-state index in [0.717, 1.165) is 39.0 Å². The summed E-state index contributed by atoms with van der Waals surface area (Å²) in [7, 11) is 0. The van der Waals surface area contributed by atoms with Crippen molar-refractivity contribution in [1.82, 2.24) is 19.8 Å². The van der Waals surface area contributed by atoms with Crippen LogP contribution in [0.4, 0.5) is 0 Å². The SMILES string of the molecule is Cc1cccc2c(-c3ccncc3)c([C@@H]3CCCN(C(=O)[C@H](C)N4CCCC4)C3)[nH]c12. The van der Waals surface area contributed by atoms with Gasteiger partial charge in [0.25, 0.3) is 0 Å². The summed E-state index contributed by atoms with van der Waals surface area (Å²) < 4.78 is 0. The summed E-state index contributed by atoms with van der Waals surface area (Å²) >= 11 is 0. The number of para-hydroxylation sites is 1. The number of benzene rings is 1. The molecular formula is C26H32N4O. The fourth-order valence-corrected chi connectivity index (χ4v) is 5.48. The van der Waals surface area contributed by atoms with E-state index in [4.69, 9.17) is 0 Å². The van der Waals surface area contributed by atoms with Crippen LogP contribution in [-0.2, 0) is 4.79 Å². The number of likely N-dealkylation sites (tertiary alicyclic amines) is 2. The van der Waals surface area contributed by atoms with E-state index in [2.05, 4.69) is 63.9 Å². The molecule has 1 aromatic carbocycles. The average molecular weight is 417 g/mol. The van der Waals surface area contributed by atoms with Gasteiger partial charge in [0.05, 0.1) is 6.04 Å². The Kier molecular flexibility index (Phi) is 5.53. The molecule has 2 fully saturated rings. The summed E-state index contributed by atoms with van der Waals surface area (Å²) in [5, 5.41) is 1.26. The molecule has 31 heavy (non-hydrogen) atoms. The quantitative estimate of drug-likeness (QED) is 0.669. The van der Waals surface area contributed by atoms with Crippen molar-refractivity contribution in [2.45, 2.75) is 51.5 Å². The number of nitrogens with one attached hydrogen (secondary N) is 1. The Bertz CT molecular complexity index is 1070. The van der Waals surface area contributed by atoms with Gasteiger partial charge in [0.1, 0.15) is 0 Å². The molecular weight excluding hydrogens is 384 g/mol. The van der Waals surface area contributed by atoms with Gasteiger partial charge in [-0.3, -0.25) is 14.7 Å². The molecule has 162 valence electrons. The first-order valence-corrected chi connectivity index (χ1v) is 11.7. The van der Waals surface area contributed by atoms with Crippen LogP contribution in [0.3, 0.4) is 0 Å². The van der Waals surface area contributed by atoms with Crippen molar-refractivity contribution in [1.29, 1.82) is 0 Å². The minimum atomic E-state index is -0.00845. The Morgan fingerprint density at radius 1 is 1.10 bits per heavy atom. The van der Waals surface area contributed by atoms with E-state index in [-0.39, 0.29) is 6.04 Å². The van der Waals surface area contributed by atoms with Crippen LogP contribution >= 0.6 is 0 Å². The molecule has 5 nitrogen and oxygen atoms in total. The van der Waals surface area contributed by atoms with Gasteiger partial charge < -0.3 is 9.88 Å². The lowest BCUT2D eigenvalue weighted by atomic mass is 9.89. The zero-order valence-corrected chi connectivity index (χ0v) is 18.6. The molecule has 2 aliphatic rings. The molecule has 4 heterocycles. The monoisotopic (exact) mass is 416 g/mol. The third kappa shape index (κ3) is 3.76. The second-order valence-electron chi connectivity index (χ2n) is 9.19. The van der Waals surface area contributed by atoms with Crippen molar-refractivity contribution in [3.8, 4) is 11.1 Å². The molecule has 5 rings (SSSR count). The number of fused-ring (bicyclic) bond motifs is 1. The van der Waals surface area contributed by atoms with E-state index < -0.39 is 0 Å². The van der Waals surface area contributed by atoms with Gasteiger partial charge in [0.15, 0.2) is 0 Å². The van der Waals surface area contributed by atoms with E-state index in [1.165, 1.54) is 46.1 Å². The molecule has 1 N–H and O–H groups in total. The van der Waals surface area contributed by atoms with Gasteiger partial charge in [-0.1, -0.05) is 18.2 Å². The number of carbonyl (C=O) groups is 1. The van der Waals surface area contributed by atoms with Crippen molar-refractivity contribution < 1.29 is 4.79 Å². The van der Waals surface area contributed by atoms with E-state index in [1.54, 1.807) is 0 Å². The van der Waals surface area contributed by atoms with Gasteiger partial charge >= 0.3 is 0 Å². The first-order valence-electron chi connectivity index (χ1n) is 11.7.